The van der Waals surface area contributed by atoms with Gasteiger partial charge in [-0.1, -0.05) is 48.5 Å². The first-order valence-electron chi connectivity index (χ1n) is 11.0. The largest absolute Gasteiger partial charge is 0.338 e. The van der Waals surface area contributed by atoms with Gasteiger partial charge < -0.3 is 10.3 Å². The fourth-order valence-corrected chi connectivity index (χ4v) is 4.03. The van der Waals surface area contributed by atoms with Crippen LogP contribution >= 0.6 is 0 Å². The van der Waals surface area contributed by atoms with E-state index in [1.807, 2.05) is 12.4 Å². The second kappa shape index (κ2) is 9.16. The Kier molecular flexibility index (Phi) is 5.77. The quantitative estimate of drug-likeness (QED) is 0.322. The minimum Gasteiger partial charge on any atom is -0.338 e. The van der Waals surface area contributed by atoms with Gasteiger partial charge in [0.15, 0.2) is 0 Å². The molecule has 5 aromatic rings. The highest BCUT2D eigenvalue weighted by atomic mass is 14.9. The number of hydrogen-bond donors (Lipinski definition) is 2. The van der Waals surface area contributed by atoms with Gasteiger partial charge in [-0.25, -0.2) is 4.98 Å². The summed E-state index contributed by atoms with van der Waals surface area (Å²) in [5.41, 5.74) is 9.38. The first-order valence-corrected chi connectivity index (χ1v) is 11.0. The first-order chi connectivity index (χ1) is 15.8. The van der Waals surface area contributed by atoms with Gasteiger partial charge in [0, 0.05) is 24.5 Å². The molecule has 0 aliphatic rings. The van der Waals surface area contributed by atoms with E-state index in [2.05, 4.69) is 101 Å². The molecule has 32 heavy (non-hydrogen) atoms. The van der Waals surface area contributed by atoms with Crippen molar-refractivity contribution >= 4 is 11.0 Å². The van der Waals surface area contributed by atoms with E-state index in [-0.39, 0.29) is 0 Å². The third-order valence-corrected chi connectivity index (χ3v) is 5.78. The van der Waals surface area contributed by atoms with E-state index in [9.17, 15) is 0 Å². The molecule has 0 saturated carbocycles. The highest BCUT2D eigenvalue weighted by Crippen LogP contribution is 2.27. The lowest BCUT2D eigenvalue weighted by Gasteiger charge is -2.09. The molecule has 0 fully saturated rings. The molecule has 0 bridgehead atoms. The van der Waals surface area contributed by atoms with E-state index >= 15 is 0 Å². The maximum Gasteiger partial charge on any atom is 0.138 e. The number of H-pyrrole nitrogens is 1. The number of aromatic nitrogens is 3. The van der Waals surface area contributed by atoms with Crippen LogP contribution in [0.5, 0.6) is 0 Å². The van der Waals surface area contributed by atoms with Crippen LogP contribution < -0.4 is 5.32 Å². The van der Waals surface area contributed by atoms with E-state index in [0.717, 1.165) is 41.9 Å². The number of pyridine rings is 1. The summed E-state index contributed by atoms with van der Waals surface area (Å²) in [5, 5.41) is 3.55. The summed E-state index contributed by atoms with van der Waals surface area (Å²) < 4.78 is 0. The zero-order chi connectivity index (χ0) is 21.8. The van der Waals surface area contributed by atoms with Crippen LogP contribution in [-0.4, -0.2) is 21.5 Å². The van der Waals surface area contributed by atoms with Gasteiger partial charge in [0.1, 0.15) is 5.82 Å². The fourth-order valence-electron chi connectivity index (χ4n) is 4.03. The molecule has 0 aliphatic carbocycles. The van der Waals surface area contributed by atoms with Crippen LogP contribution in [0.15, 0.2) is 91.3 Å². The molecule has 0 radical (unpaired) electrons. The topological polar surface area (TPSA) is 53.6 Å². The third-order valence-electron chi connectivity index (χ3n) is 5.78. The van der Waals surface area contributed by atoms with E-state index in [0.29, 0.717) is 0 Å². The van der Waals surface area contributed by atoms with Crippen molar-refractivity contribution < 1.29 is 0 Å². The Balaban J connectivity index is 1.31. The van der Waals surface area contributed by atoms with Crippen molar-refractivity contribution in [3.05, 3.63) is 108 Å². The van der Waals surface area contributed by atoms with E-state index in [4.69, 9.17) is 4.98 Å². The van der Waals surface area contributed by atoms with Gasteiger partial charge in [-0.3, -0.25) is 4.98 Å². The van der Waals surface area contributed by atoms with E-state index < -0.39 is 0 Å². The number of fused-ring (bicyclic) bond motifs is 1. The van der Waals surface area contributed by atoms with Crippen molar-refractivity contribution in [3.8, 4) is 22.5 Å². The Bertz CT molecular complexity index is 1340. The number of aromatic amines is 1. The lowest BCUT2D eigenvalue weighted by atomic mass is 10.0. The zero-order valence-electron chi connectivity index (χ0n) is 18.2. The highest BCUT2D eigenvalue weighted by molar-refractivity contribution is 5.83. The second-order valence-electron chi connectivity index (χ2n) is 8.12. The lowest BCUT2D eigenvalue weighted by molar-refractivity contribution is 0.687. The summed E-state index contributed by atoms with van der Waals surface area (Å²) in [4.78, 5) is 12.4. The molecule has 158 valence electrons. The number of hydrogen-bond acceptors (Lipinski definition) is 3. The lowest BCUT2D eigenvalue weighted by Crippen LogP contribution is -2.16. The van der Waals surface area contributed by atoms with E-state index in [1.54, 1.807) is 0 Å². The van der Waals surface area contributed by atoms with Crippen LogP contribution in [0.2, 0.25) is 0 Å². The fraction of sp³-hybridized carbons (Fsp3) is 0.143. The van der Waals surface area contributed by atoms with Crippen LogP contribution in [0.1, 0.15) is 16.7 Å². The molecule has 0 amide bonds. The SMILES string of the molecule is Cc1cccc2[nH]c(-c3cccc(-c4cccc(CNCCc5ccncc5)c4)c3)nc12. The van der Waals surface area contributed by atoms with Gasteiger partial charge in [-0.15, -0.1) is 0 Å². The monoisotopic (exact) mass is 418 g/mol. The van der Waals surface area contributed by atoms with Crippen LogP contribution in [0.4, 0.5) is 0 Å². The second-order valence-corrected chi connectivity index (χ2v) is 8.12. The molecule has 0 saturated heterocycles. The summed E-state index contributed by atoms with van der Waals surface area (Å²) in [6.07, 6.45) is 4.69. The van der Waals surface area contributed by atoms with Gasteiger partial charge in [0.25, 0.3) is 0 Å². The predicted octanol–water partition coefficient (Wildman–Crippen LogP) is 5.93. The number of aryl methyl sites for hydroxylation is 1. The molecule has 2 N–H and O–H groups in total. The summed E-state index contributed by atoms with van der Waals surface area (Å²) in [7, 11) is 0. The Morgan fingerprint density at radius 3 is 2.38 bits per heavy atom. The maximum absolute atomic E-state index is 4.84. The number of nitrogens with zero attached hydrogens (tertiary/aromatic N) is 2. The van der Waals surface area contributed by atoms with Crippen molar-refractivity contribution in [2.45, 2.75) is 19.9 Å². The smallest absolute Gasteiger partial charge is 0.138 e. The Morgan fingerprint density at radius 1 is 0.781 bits per heavy atom. The minimum atomic E-state index is 0.849. The summed E-state index contributed by atoms with van der Waals surface area (Å²) in [5.74, 6) is 0.907. The van der Waals surface area contributed by atoms with Gasteiger partial charge >= 0.3 is 0 Å². The number of imidazole rings is 1. The number of rotatable bonds is 7. The van der Waals surface area contributed by atoms with Crippen molar-refractivity contribution in [2.75, 3.05) is 6.54 Å². The van der Waals surface area contributed by atoms with Crippen LogP contribution in [0, 0.1) is 6.92 Å². The Morgan fingerprint density at radius 2 is 1.53 bits per heavy atom. The third kappa shape index (κ3) is 4.46. The molecule has 0 unspecified atom stereocenters. The minimum absolute atomic E-state index is 0.849. The Labute approximate surface area is 188 Å². The average molecular weight is 419 g/mol. The van der Waals surface area contributed by atoms with Crippen molar-refractivity contribution in [3.63, 3.8) is 0 Å². The standard InChI is InChI=1S/C28H26N4/c1-20-5-2-10-26-27(20)32-28(31-26)25-9-4-8-24(18-25)23-7-3-6-22(17-23)19-30-16-13-21-11-14-29-15-12-21/h2-12,14-15,17-18,30H,13,16,19H2,1H3,(H,31,32). The molecular weight excluding hydrogens is 392 g/mol. The van der Waals surface area contributed by atoms with Crippen molar-refractivity contribution in [2.24, 2.45) is 0 Å². The molecular formula is C28H26N4. The molecule has 4 nitrogen and oxygen atoms in total. The molecule has 0 atom stereocenters. The average Bonchev–Trinajstić information content (AvgIpc) is 3.29. The molecule has 5 rings (SSSR count). The van der Waals surface area contributed by atoms with Crippen molar-refractivity contribution in [1.82, 2.24) is 20.3 Å². The van der Waals surface area contributed by atoms with E-state index in [1.165, 1.54) is 27.8 Å². The summed E-state index contributed by atoms with van der Waals surface area (Å²) >= 11 is 0. The number of benzene rings is 3. The summed E-state index contributed by atoms with van der Waals surface area (Å²) in [6, 6.07) is 27.7. The van der Waals surface area contributed by atoms with Crippen LogP contribution in [0.3, 0.4) is 0 Å². The molecule has 0 spiro atoms. The summed E-state index contributed by atoms with van der Waals surface area (Å²) in [6.45, 7) is 3.89. The highest BCUT2D eigenvalue weighted by Gasteiger charge is 2.08. The predicted molar refractivity (Wildman–Crippen MR) is 131 cm³/mol. The van der Waals surface area contributed by atoms with Gasteiger partial charge in [0.05, 0.1) is 11.0 Å². The van der Waals surface area contributed by atoms with Crippen LogP contribution in [-0.2, 0) is 13.0 Å². The Hall–Kier alpha value is -3.76. The molecule has 4 heteroatoms. The van der Waals surface area contributed by atoms with Crippen molar-refractivity contribution in [1.29, 1.82) is 0 Å². The van der Waals surface area contributed by atoms with Gasteiger partial charge in [0.2, 0.25) is 0 Å². The zero-order valence-corrected chi connectivity index (χ0v) is 18.2. The molecule has 3 aromatic carbocycles. The maximum atomic E-state index is 4.84. The van der Waals surface area contributed by atoms with Crippen LogP contribution in [0.25, 0.3) is 33.5 Å². The van der Waals surface area contributed by atoms with Gasteiger partial charge in [-0.05, 0) is 78.0 Å². The molecule has 2 aromatic heterocycles. The first kappa shape index (κ1) is 20.2. The molecule has 2 heterocycles. The molecule has 0 aliphatic heterocycles. The normalized spacial score (nSPS) is 11.2. The number of para-hydroxylation sites is 1. The van der Waals surface area contributed by atoms with Gasteiger partial charge in [-0.2, -0.15) is 0 Å². The number of nitrogens with one attached hydrogen (secondary N) is 2.